The van der Waals surface area contributed by atoms with Gasteiger partial charge in [0.2, 0.25) is 0 Å². The Bertz CT molecular complexity index is 214. The molecule has 3 heteroatoms. The number of rotatable bonds is 8. The number of hydrogen-bond acceptors (Lipinski definition) is 3. The van der Waals surface area contributed by atoms with Crippen LogP contribution in [-0.2, 0) is 9.59 Å². The predicted octanol–water partition coefficient (Wildman–Crippen LogP) is 1.95. The predicted molar refractivity (Wildman–Crippen MR) is 61.8 cm³/mol. The van der Waals surface area contributed by atoms with Gasteiger partial charge in [0.05, 0.1) is 6.04 Å². The molecule has 0 spiro atoms. The van der Waals surface area contributed by atoms with Crippen LogP contribution in [0.5, 0.6) is 0 Å². The summed E-state index contributed by atoms with van der Waals surface area (Å²) in [6, 6.07) is -0.0771. The lowest BCUT2D eigenvalue weighted by Gasteiger charge is -2.17. The van der Waals surface area contributed by atoms with E-state index >= 15 is 0 Å². The van der Waals surface area contributed by atoms with E-state index in [0.717, 1.165) is 19.3 Å². The lowest BCUT2D eigenvalue weighted by atomic mass is 10.0. The van der Waals surface area contributed by atoms with E-state index in [9.17, 15) is 9.59 Å². The lowest BCUT2D eigenvalue weighted by molar-refractivity contribution is -0.122. The third-order valence-electron chi connectivity index (χ3n) is 2.70. The molecule has 0 amide bonds. The van der Waals surface area contributed by atoms with Crippen molar-refractivity contribution in [2.45, 2.75) is 53.0 Å². The first kappa shape index (κ1) is 14.3. The molecule has 0 aromatic rings. The van der Waals surface area contributed by atoms with Gasteiger partial charge in [-0.05, 0) is 20.3 Å². The normalized spacial score (nSPS) is 14.7. The van der Waals surface area contributed by atoms with Crippen LogP contribution in [0.4, 0.5) is 0 Å². The minimum absolute atomic E-state index is 0.00604. The quantitative estimate of drug-likeness (QED) is 0.670. The van der Waals surface area contributed by atoms with Gasteiger partial charge in [-0.15, -0.1) is 0 Å². The largest absolute Gasteiger partial charge is 0.307 e. The highest BCUT2D eigenvalue weighted by molar-refractivity contribution is 5.81. The zero-order valence-electron chi connectivity index (χ0n) is 10.3. The van der Waals surface area contributed by atoms with Crippen molar-refractivity contribution < 1.29 is 9.59 Å². The highest BCUT2D eigenvalue weighted by atomic mass is 16.1. The molecule has 0 aliphatic rings. The maximum Gasteiger partial charge on any atom is 0.146 e. The molecular weight excluding hydrogens is 190 g/mol. The zero-order valence-corrected chi connectivity index (χ0v) is 10.3. The molecule has 0 heterocycles. The molecule has 88 valence electrons. The SMILES string of the molecule is CCCC[C@H](NC[C@@H](C)C(C)=O)C(C)=O. The minimum Gasteiger partial charge on any atom is -0.307 e. The first-order valence-corrected chi connectivity index (χ1v) is 5.73. The van der Waals surface area contributed by atoms with Gasteiger partial charge in [0.25, 0.3) is 0 Å². The summed E-state index contributed by atoms with van der Waals surface area (Å²) in [5, 5.41) is 3.16. The molecule has 2 atom stereocenters. The van der Waals surface area contributed by atoms with Crippen LogP contribution < -0.4 is 5.32 Å². The second-order valence-corrected chi connectivity index (χ2v) is 4.23. The minimum atomic E-state index is -0.0771. The summed E-state index contributed by atoms with van der Waals surface area (Å²) in [5.41, 5.74) is 0. The number of Topliss-reactive ketones (excluding diaryl/α,β-unsaturated/α-hetero) is 2. The maximum atomic E-state index is 11.3. The molecule has 0 bridgehead atoms. The van der Waals surface area contributed by atoms with Crippen LogP contribution in [0.1, 0.15) is 47.0 Å². The van der Waals surface area contributed by atoms with E-state index in [4.69, 9.17) is 0 Å². The second-order valence-electron chi connectivity index (χ2n) is 4.23. The summed E-state index contributed by atoms with van der Waals surface area (Å²) in [6.45, 7) is 7.78. The Kier molecular flexibility index (Phi) is 7.22. The van der Waals surface area contributed by atoms with Crippen LogP contribution in [0.15, 0.2) is 0 Å². The molecular formula is C12H23NO2. The van der Waals surface area contributed by atoms with Gasteiger partial charge in [-0.25, -0.2) is 0 Å². The monoisotopic (exact) mass is 213 g/mol. The number of unbranched alkanes of at least 4 members (excludes halogenated alkanes) is 1. The second kappa shape index (κ2) is 7.57. The Morgan fingerprint density at radius 1 is 1.20 bits per heavy atom. The highest BCUT2D eigenvalue weighted by Crippen LogP contribution is 2.03. The molecule has 0 aromatic carbocycles. The summed E-state index contributed by atoms with van der Waals surface area (Å²) >= 11 is 0. The van der Waals surface area contributed by atoms with Gasteiger partial charge in [-0.3, -0.25) is 9.59 Å². The van der Waals surface area contributed by atoms with E-state index in [1.165, 1.54) is 0 Å². The molecule has 0 fully saturated rings. The van der Waals surface area contributed by atoms with Crippen molar-refractivity contribution in [1.29, 1.82) is 0 Å². The van der Waals surface area contributed by atoms with Crippen molar-refractivity contribution in [2.75, 3.05) is 6.54 Å². The smallest absolute Gasteiger partial charge is 0.146 e. The van der Waals surface area contributed by atoms with Gasteiger partial charge in [0, 0.05) is 12.5 Å². The van der Waals surface area contributed by atoms with Gasteiger partial charge in [-0.2, -0.15) is 0 Å². The summed E-state index contributed by atoms with van der Waals surface area (Å²) in [4.78, 5) is 22.3. The fraction of sp³-hybridized carbons (Fsp3) is 0.833. The average Bonchev–Trinajstić information content (AvgIpc) is 2.16. The van der Waals surface area contributed by atoms with Crippen LogP contribution in [-0.4, -0.2) is 24.2 Å². The number of carbonyl (C=O) groups excluding carboxylic acids is 2. The Balaban J connectivity index is 3.95. The molecule has 15 heavy (non-hydrogen) atoms. The van der Waals surface area contributed by atoms with Crippen LogP contribution in [0.2, 0.25) is 0 Å². The Morgan fingerprint density at radius 3 is 2.20 bits per heavy atom. The van der Waals surface area contributed by atoms with Gasteiger partial charge >= 0.3 is 0 Å². The molecule has 0 aliphatic carbocycles. The first-order valence-electron chi connectivity index (χ1n) is 5.73. The van der Waals surface area contributed by atoms with Crippen LogP contribution in [0.25, 0.3) is 0 Å². The molecule has 1 N–H and O–H groups in total. The fourth-order valence-electron chi connectivity index (χ4n) is 1.32. The number of hydrogen-bond donors (Lipinski definition) is 1. The molecule has 0 saturated heterocycles. The van der Waals surface area contributed by atoms with Crippen molar-refractivity contribution in [3.8, 4) is 0 Å². The van der Waals surface area contributed by atoms with Gasteiger partial charge in [0.1, 0.15) is 11.6 Å². The summed E-state index contributed by atoms with van der Waals surface area (Å²) in [5.74, 6) is 0.327. The number of ketones is 2. The maximum absolute atomic E-state index is 11.3. The third-order valence-corrected chi connectivity index (χ3v) is 2.70. The van der Waals surface area contributed by atoms with E-state index in [1.807, 2.05) is 6.92 Å². The molecule has 0 aromatic heterocycles. The molecule has 0 radical (unpaired) electrons. The average molecular weight is 213 g/mol. The fourth-order valence-corrected chi connectivity index (χ4v) is 1.32. The standard InChI is InChI=1S/C12H23NO2/c1-5-6-7-12(11(4)15)13-8-9(2)10(3)14/h9,12-13H,5-8H2,1-4H3/t9-,12+/m1/s1. The Morgan fingerprint density at radius 2 is 1.80 bits per heavy atom. The summed E-state index contributed by atoms with van der Waals surface area (Å²) < 4.78 is 0. The van der Waals surface area contributed by atoms with Gasteiger partial charge in [0.15, 0.2) is 0 Å². The van der Waals surface area contributed by atoms with E-state index in [-0.39, 0.29) is 23.5 Å². The van der Waals surface area contributed by atoms with Crippen LogP contribution >= 0.6 is 0 Å². The summed E-state index contributed by atoms with van der Waals surface area (Å²) in [6.07, 6.45) is 3.01. The van der Waals surface area contributed by atoms with E-state index in [1.54, 1.807) is 13.8 Å². The van der Waals surface area contributed by atoms with E-state index < -0.39 is 0 Å². The zero-order chi connectivity index (χ0) is 11.8. The van der Waals surface area contributed by atoms with E-state index in [2.05, 4.69) is 12.2 Å². The highest BCUT2D eigenvalue weighted by Gasteiger charge is 2.15. The number of carbonyl (C=O) groups is 2. The van der Waals surface area contributed by atoms with Gasteiger partial charge in [-0.1, -0.05) is 26.7 Å². The van der Waals surface area contributed by atoms with Crippen molar-refractivity contribution in [2.24, 2.45) is 5.92 Å². The Labute approximate surface area is 92.6 Å². The molecule has 0 saturated carbocycles. The van der Waals surface area contributed by atoms with Crippen molar-refractivity contribution in [3.05, 3.63) is 0 Å². The lowest BCUT2D eigenvalue weighted by Crippen LogP contribution is -2.39. The molecule has 3 nitrogen and oxygen atoms in total. The van der Waals surface area contributed by atoms with Crippen LogP contribution in [0.3, 0.4) is 0 Å². The number of nitrogens with one attached hydrogen (secondary N) is 1. The molecule has 0 aliphatic heterocycles. The van der Waals surface area contributed by atoms with Gasteiger partial charge < -0.3 is 5.32 Å². The van der Waals surface area contributed by atoms with Crippen molar-refractivity contribution in [1.82, 2.24) is 5.32 Å². The van der Waals surface area contributed by atoms with Crippen LogP contribution in [0, 0.1) is 5.92 Å². The third kappa shape index (κ3) is 6.39. The van der Waals surface area contributed by atoms with Crippen molar-refractivity contribution >= 4 is 11.6 Å². The van der Waals surface area contributed by atoms with Crippen molar-refractivity contribution in [3.63, 3.8) is 0 Å². The Hall–Kier alpha value is -0.700. The van der Waals surface area contributed by atoms with E-state index in [0.29, 0.717) is 6.54 Å². The topological polar surface area (TPSA) is 46.2 Å². The molecule has 0 rings (SSSR count). The first-order chi connectivity index (χ1) is 6.99. The summed E-state index contributed by atoms with van der Waals surface area (Å²) in [7, 11) is 0. The molecule has 0 unspecified atom stereocenters.